The highest BCUT2D eigenvalue weighted by Gasteiger charge is 2.59. The maximum atomic E-state index is 13.2. The summed E-state index contributed by atoms with van der Waals surface area (Å²) in [5.74, 6) is 6.75. The second-order valence-electron chi connectivity index (χ2n) is 17.2. The molecule has 0 aromatic carbocycles. The highest BCUT2D eigenvalue weighted by atomic mass is 33.1. The summed E-state index contributed by atoms with van der Waals surface area (Å²) >= 11 is 0. The number of carbonyl (C=O) groups excluding carboxylic acids is 1. The third-order valence-electron chi connectivity index (χ3n) is 13.6. The van der Waals surface area contributed by atoms with Gasteiger partial charge in [0.1, 0.15) is 0 Å². The number of quaternary nitrogens is 3. The number of nitrogens with zero attached hydrogens (tertiary/aromatic N) is 1. The van der Waals surface area contributed by atoms with Crippen LogP contribution in [0.25, 0.3) is 0 Å². The fourth-order valence-corrected chi connectivity index (χ4v) is 13.5. The first-order valence-corrected chi connectivity index (χ1v) is 22.7. The third kappa shape index (κ3) is 10.4. The summed E-state index contributed by atoms with van der Waals surface area (Å²) in [4.78, 5) is 15.3. The lowest BCUT2D eigenvalue weighted by molar-refractivity contribution is -0.657. The molecule has 4 aliphatic rings. The van der Waals surface area contributed by atoms with Gasteiger partial charge in [0.05, 0.1) is 26.2 Å². The van der Waals surface area contributed by atoms with Crippen LogP contribution in [0, 0.1) is 46.3 Å². The lowest BCUT2D eigenvalue weighted by Gasteiger charge is -2.58. The number of unbranched alkanes of at least 4 members (excludes halogenated alkanes) is 1. The van der Waals surface area contributed by atoms with Gasteiger partial charge in [0.25, 0.3) is 0 Å². The van der Waals surface area contributed by atoms with E-state index in [9.17, 15) is 4.79 Å². The fraction of sp³-hybridized carbons (Fsp3) is 0.925. The van der Waals surface area contributed by atoms with Crippen molar-refractivity contribution in [1.82, 2.24) is 4.90 Å². The van der Waals surface area contributed by atoms with Gasteiger partial charge in [0.2, 0.25) is 5.91 Å². The quantitative estimate of drug-likeness (QED) is 0.0719. The molecule has 8 atom stereocenters. The second kappa shape index (κ2) is 19.4. The van der Waals surface area contributed by atoms with Crippen molar-refractivity contribution in [3.63, 3.8) is 0 Å². The average molecular weight is 694 g/mol. The van der Waals surface area contributed by atoms with Crippen molar-refractivity contribution < 1.29 is 21.6 Å². The Labute approximate surface area is 298 Å². The Morgan fingerprint density at radius 2 is 1.70 bits per heavy atom. The van der Waals surface area contributed by atoms with E-state index in [2.05, 4.69) is 73.2 Å². The standard InChI is InChI=1S/C40H74N4OS2/c1-30(2)11-8-12-31(3)35-15-16-36-34-14-13-32-29-33(17-20-39(32,4)37(34)18-21-40(35,36)5)47-46-28-19-38(45)44(27-10-23-42)26-7-6-24-43-25-9-22-41/h13,30-31,33-37,43H,6-12,14-29,41-42H2,1-5H3/p+3/t31-,33+,34+,35-,36+,37+,39+,40-/m1/s1. The van der Waals surface area contributed by atoms with Crippen molar-refractivity contribution in [2.24, 2.45) is 46.3 Å². The Kier molecular flexibility index (Phi) is 16.3. The van der Waals surface area contributed by atoms with Gasteiger partial charge in [-0.25, -0.2) is 0 Å². The number of fused-ring (bicyclic) bond motifs is 5. The van der Waals surface area contributed by atoms with E-state index in [4.69, 9.17) is 0 Å². The van der Waals surface area contributed by atoms with Gasteiger partial charge in [0.15, 0.2) is 0 Å². The molecule has 0 aromatic heterocycles. The molecule has 5 nitrogen and oxygen atoms in total. The first kappa shape index (κ1) is 39.6. The number of rotatable bonds is 21. The van der Waals surface area contributed by atoms with E-state index in [0.29, 0.717) is 28.4 Å². The van der Waals surface area contributed by atoms with Crippen molar-refractivity contribution in [2.45, 2.75) is 143 Å². The molecule has 0 aliphatic heterocycles. The van der Waals surface area contributed by atoms with Gasteiger partial charge < -0.3 is 21.7 Å². The van der Waals surface area contributed by atoms with Crippen LogP contribution in [-0.2, 0) is 4.79 Å². The lowest BCUT2D eigenvalue weighted by Crippen LogP contribution is -2.84. The summed E-state index contributed by atoms with van der Waals surface area (Å²) < 4.78 is 0. The zero-order valence-electron chi connectivity index (χ0n) is 31.5. The summed E-state index contributed by atoms with van der Waals surface area (Å²) in [6, 6.07) is 0. The lowest BCUT2D eigenvalue weighted by atomic mass is 9.47. The minimum Gasteiger partial charge on any atom is -0.358 e. The highest BCUT2D eigenvalue weighted by Crippen LogP contribution is 2.67. The minimum absolute atomic E-state index is 0.355. The SMILES string of the molecule is CC(C)CCC[C@@H](C)[C@H]1CC[C@H]2[C@@H]3CC=C4C[C@@H](SSCCC(=O)N(CCC[NH3+])CCCC[NH2+]CCC[NH3+])CC[C@]4(C)[C@H]3CC[C@]12C. The Morgan fingerprint density at radius 3 is 2.47 bits per heavy atom. The molecule has 0 aromatic rings. The molecule has 3 saturated carbocycles. The third-order valence-corrected chi connectivity index (χ3v) is 16.5. The Balaban J connectivity index is 1.22. The molecule has 7 heteroatoms. The van der Waals surface area contributed by atoms with Gasteiger partial charge in [0, 0.05) is 43.4 Å². The smallest absolute Gasteiger partial charge is 0.223 e. The number of nitrogens with two attached hydrogens (primary N) is 1. The maximum Gasteiger partial charge on any atom is 0.223 e. The van der Waals surface area contributed by atoms with Crippen molar-refractivity contribution >= 4 is 27.5 Å². The summed E-state index contributed by atoms with van der Waals surface area (Å²) in [6.07, 6.45) is 23.5. The number of carbonyl (C=O) groups is 1. The molecule has 0 radical (unpaired) electrons. The zero-order valence-corrected chi connectivity index (χ0v) is 33.2. The van der Waals surface area contributed by atoms with E-state index in [1.54, 1.807) is 0 Å². The summed E-state index contributed by atoms with van der Waals surface area (Å²) in [7, 11) is 4.07. The number of allylic oxidation sites excluding steroid dienone is 2. The van der Waals surface area contributed by atoms with Gasteiger partial charge in [-0.05, 0) is 111 Å². The number of amides is 1. The Bertz CT molecular complexity index is 976. The van der Waals surface area contributed by atoms with E-state index in [1.165, 1.54) is 96.6 Å². The molecule has 4 aliphatic carbocycles. The molecule has 3 fully saturated rings. The largest absolute Gasteiger partial charge is 0.358 e. The summed E-state index contributed by atoms with van der Waals surface area (Å²) in [5, 5.41) is 3.12. The molecule has 0 saturated heterocycles. The molecular weight excluding hydrogens is 617 g/mol. The van der Waals surface area contributed by atoms with Crippen LogP contribution in [0.5, 0.6) is 0 Å². The molecular formula is C40H77N4OS2+3. The van der Waals surface area contributed by atoms with Gasteiger partial charge >= 0.3 is 0 Å². The van der Waals surface area contributed by atoms with Gasteiger partial charge in [-0.3, -0.25) is 4.79 Å². The molecule has 47 heavy (non-hydrogen) atoms. The molecule has 4 rings (SSSR count). The summed E-state index contributed by atoms with van der Waals surface area (Å²) in [6.45, 7) is 18.8. The number of hydrogen-bond donors (Lipinski definition) is 3. The molecule has 272 valence electrons. The van der Waals surface area contributed by atoms with E-state index in [0.717, 1.165) is 80.3 Å². The normalized spacial score (nSPS) is 32.4. The Hall–Kier alpha value is -0.210. The average Bonchev–Trinajstić information content (AvgIpc) is 3.41. The van der Waals surface area contributed by atoms with Gasteiger partial charge in [-0.1, -0.05) is 87.1 Å². The van der Waals surface area contributed by atoms with Crippen molar-refractivity contribution in [3.8, 4) is 0 Å². The van der Waals surface area contributed by atoms with Crippen molar-refractivity contribution in [2.75, 3.05) is 45.0 Å². The van der Waals surface area contributed by atoms with E-state index in [-0.39, 0.29) is 0 Å². The monoisotopic (exact) mass is 694 g/mol. The van der Waals surface area contributed by atoms with Gasteiger partial charge in [-0.15, -0.1) is 0 Å². The van der Waals surface area contributed by atoms with Crippen LogP contribution in [0.2, 0.25) is 0 Å². The predicted octanol–water partition coefficient (Wildman–Crippen LogP) is 6.60. The van der Waals surface area contributed by atoms with Crippen LogP contribution in [0.4, 0.5) is 0 Å². The molecule has 0 unspecified atom stereocenters. The van der Waals surface area contributed by atoms with Crippen LogP contribution in [-0.4, -0.2) is 61.1 Å². The molecule has 0 heterocycles. The zero-order chi connectivity index (χ0) is 33.9. The van der Waals surface area contributed by atoms with Crippen molar-refractivity contribution in [3.05, 3.63) is 11.6 Å². The van der Waals surface area contributed by atoms with Crippen LogP contribution < -0.4 is 16.8 Å². The molecule has 8 N–H and O–H groups in total. The van der Waals surface area contributed by atoms with Crippen LogP contribution in [0.3, 0.4) is 0 Å². The van der Waals surface area contributed by atoms with Crippen LogP contribution >= 0.6 is 21.6 Å². The van der Waals surface area contributed by atoms with Crippen LogP contribution in [0.1, 0.15) is 137 Å². The molecule has 0 bridgehead atoms. The van der Waals surface area contributed by atoms with Crippen LogP contribution in [0.15, 0.2) is 11.6 Å². The van der Waals surface area contributed by atoms with E-state index < -0.39 is 0 Å². The second-order valence-corrected chi connectivity index (χ2v) is 20.0. The minimum atomic E-state index is 0.355. The topological polar surface area (TPSA) is 92.2 Å². The molecule has 1 amide bonds. The maximum absolute atomic E-state index is 13.2. The van der Waals surface area contributed by atoms with Crippen molar-refractivity contribution in [1.29, 1.82) is 0 Å². The first-order chi connectivity index (χ1) is 22.6. The molecule has 0 spiro atoms. The van der Waals surface area contributed by atoms with E-state index >= 15 is 0 Å². The predicted molar refractivity (Wildman–Crippen MR) is 204 cm³/mol. The fourth-order valence-electron chi connectivity index (χ4n) is 10.9. The highest BCUT2D eigenvalue weighted by molar-refractivity contribution is 8.76. The Morgan fingerprint density at radius 1 is 0.936 bits per heavy atom. The summed E-state index contributed by atoms with van der Waals surface area (Å²) in [5.41, 5.74) is 10.8. The number of hydrogen-bond acceptors (Lipinski definition) is 3. The first-order valence-electron chi connectivity index (χ1n) is 20.3. The van der Waals surface area contributed by atoms with E-state index in [1.807, 2.05) is 16.4 Å². The van der Waals surface area contributed by atoms with Gasteiger partial charge in [-0.2, -0.15) is 0 Å².